The van der Waals surface area contributed by atoms with Gasteiger partial charge in [-0.2, -0.15) is 4.68 Å². The molecule has 2 aromatic rings. The molecular formula is C17H22FN5O. The van der Waals surface area contributed by atoms with Crippen LogP contribution in [0.5, 0.6) is 0 Å². The van der Waals surface area contributed by atoms with Crippen LogP contribution in [-0.4, -0.2) is 63.8 Å². The van der Waals surface area contributed by atoms with Gasteiger partial charge in [-0.05, 0) is 38.4 Å². The highest BCUT2D eigenvalue weighted by molar-refractivity contribution is 5.29. The van der Waals surface area contributed by atoms with E-state index < -0.39 is 5.82 Å². The molecule has 0 radical (unpaired) electrons. The molecule has 4 rings (SSSR count). The van der Waals surface area contributed by atoms with Gasteiger partial charge in [-0.15, -0.1) is 0 Å². The second kappa shape index (κ2) is 6.14. The van der Waals surface area contributed by atoms with Gasteiger partial charge in [-0.1, -0.05) is 0 Å². The van der Waals surface area contributed by atoms with E-state index in [2.05, 4.69) is 26.9 Å². The predicted molar refractivity (Wildman–Crippen MR) is 89.0 cm³/mol. The molecule has 1 fully saturated rings. The Morgan fingerprint density at radius 3 is 2.83 bits per heavy atom. The highest BCUT2D eigenvalue weighted by Crippen LogP contribution is 2.23. The number of fused-ring (bicyclic) bond motifs is 1. The van der Waals surface area contributed by atoms with E-state index in [1.165, 1.54) is 23.0 Å². The molecule has 1 aliphatic carbocycles. The van der Waals surface area contributed by atoms with Crippen LogP contribution in [0.4, 0.5) is 4.39 Å². The molecule has 0 aromatic carbocycles. The lowest BCUT2D eigenvalue weighted by Crippen LogP contribution is -2.50. The first-order chi connectivity index (χ1) is 11.6. The predicted octanol–water partition coefficient (Wildman–Crippen LogP) is 0.804. The van der Waals surface area contributed by atoms with Crippen LogP contribution in [0.25, 0.3) is 5.82 Å². The standard InChI is InChI=1S/C17H22FN5O/c1-21-7-9-22(10-8-21)12-4-5-15-13(11-12)17(24)23(20-15)16-14(18)3-2-6-19-16/h2-3,6,12,20H,4-5,7-11H2,1H3. The van der Waals surface area contributed by atoms with Gasteiger partial charge in [0.15, 0.2) is 11.6 Å². The molecule has 1 atom stereocenters. The Morgan fingerprint density at radius 1 is 1.29 bits per heavy atom. The molecule has 0 spiro atoms. The fraction of sp³-hybridized carbons (Fsp3) is 0.529. The van der Waals surface area contributed by atoms with E-state index in [9.17, 15) is 9.18 Å². The van der Waals surface area contributed by atoms with Crippen LogP contribution in [0.2, 0.25) is 0 Å². The minimum Gasteiger partial charge on any atom is -0.304 e. The zero-order chi connectivity index (χ0) is 16.7. The molecule has 0 bridgehead atoms. The molecule has 24 heavy (non-hydrogen) atoms. The topological polar surface area (TPSA) is 57.2 Å². The van der Waals surface area contributed by atoms with Crippen molar-refractivity contribution >= 4 is 0 Å². The van der Waals surface area contributed by atoms with E-state index in [1.54, 1.807) is 0 Å². The molecule has 1 saturated heterocycles. The Morgan fingerprint density at radius 2 is 2.08 bits per heavy atom. The summed E-state index contributed by atoms with van der Waals surface area (Å²) in [7, 11) is 2.14. The summed E-state index contributed by atoms with van der Waals surface area (Å²) in [5, 5.41) is 3.06. The Bertz CT molecular complexity index is 791. The van der Waals surface area contributed by atoms with E-state index in [1.807, 2.05) is 0 Å². The number of likely N-dealkylation sites (N-methyl/N-ethyl adjacent to an activating group) is 1. The first kappa shape index (κ1) is 15.5. The van der Waals surface area contributed by atoms with Gasteiger partial charge in [-0.3, -0.25) is 14.8 Å². The van der Waals surface area contributed by atoms with Crippen LogP contribution in [-0.2, 0) is 12.8 Å². The van der Waals surface area contributed by atoms with Gasteiger partial charge < -0.3 is 4.90 Å². The van der Waals surface area contributed by atoms with Crippen molar-refractivity contribution in [2.24, 2.45) is 0 Å². The quantitative estimate of drug-likeness (QED) is 0.885. The Kier molecular flexibility index (Phi) is 3.97. The summed E-state index contributed by atoms with van der Waals surface area (Å²) in [6.07, 6.45) is 4.08. The van der Waals surface area contributed by atoms with Crippen molar-refractivity contribution in [2.75, 3.05) is 33.2 Å². The first-order valence-corrected chi connectivity index (χ1v) is 8.50. The SMILES string of the molecule is CN1CCN(C2CCc3[nH]n(-c4ncccc4F)c(=O)c3C2)CC1. The maximum Gasteiger partial charge on any atom is 0.276 e. The van der Waals surface area contributed by atoms with E-state index in [0.717, 1.165) is 56.7 Å². The van der Waals surface area contributed by atoms with Crippen LogP contribution in [0, 0.1) is 5.82 Å². The van der Waals surface area contributed by atoms with Crippen molar-refractivity contribution in [1.82, 2.24) is 24.6 Å². The van der Waals surface area contributed by atoms with E-state index in [-0.39, 0.29) is 11.4 Å². The van der Waals surface area contributed by atoms with Gasteiger partial charge in [0.1, 0.15) is 0 Å². The molecule has 1 aliphatic heterocycles. The van der Waals surface area contributed by atoms with E-state index >= 15 is 0 Å². The van der Waals surface area contributed by atoms with Crippen molar-refractivity contribution < 1.29 is 4.39 Å². The number of nitrogens with zero attached hydrogens (tertiary/aromatic N) is 4. The second-order valence-electron chi connectivity index (χ2n) is 6.75. The zero-order valence-electron chi connectivity index (χ0n) is 13.8. The molecular weight excluding hydrogens is 309 g/mol. The molecule has 7 heteroatoms. The smallest absolute Gasteiger partial charge is 0.276 e. The lowest BCUT2D eigenvalue weighted by atomic mass is 9.92. The summed E-state index contributed by atoms with van der Waals surface area (Å²) in [6.45, 7) is 4.23. The Hall–Kier alpha value is -1.99. The van der Waals surface area contributed by atoms with Gasteiger partial charge in [0.25, 0.3) is 5.56 Å². The van der Waals surface area contributed by atoms with Gasteiger partial charge in [0.2, 0.25) is 0 Å². The summed E-state index contributed by atoms with van der Waals surface area (Å²) >= 11 is 0. The Balaban J connectivity index is 1.61. The molecule has 3 heterocycles. The number of halogens is 1. The maximum absolute atomic E-state index is 14.0. The number of hydrogen-bond acceptors (Lipinski definition) is 4. The maximum atomic E-state index is 14.0. The average molecular weight is 331 g/mol. The van der Waals surface area contributed by atoms with Crippen LogP contribution in [0.15, 0.2) is 23.1 Å². The normalized spacial score (nSPS) is 22.5. The van der Waals surface area contributed by atoms with Gasteiger partial charge >= 0.3 is 0 Å². The number of aryl methyl sites for hydroxylation is 1. The van der Waals surface area contributed by atoms with Crippen LogP contribution >= 0.6 is 0 Å². The van der Waals surface area contributed by atoms with Gasteiger partial charge in [0, 0.05) is 49.7 Å². The minimum atomic E-state index is -0.492. The summed E-state index contributed by atoms with van der Waals surface area (Å²) in [6, 6.07) is 3.24. The fourth-order valence-electron chi connectivity index (χ4n) is 3.77. The number of aromatic amines is 1. The fourth-order valence-corrected chi connectivity index (χ4v) is 3.77. The average Bonchev–Trinajstić information content (AvgIpc) is 2.92. The number of hydrogen-bond donors (Lipinski definition) is 1. The van der Waals surface area contributed by atoms with Gasteiger partial charge in [0.05, 0.1) is 0 Å². The molecule has 0 saturated carbocycles. The van der Waals surface area contributed by atoms with Crippen LogP contribution in [0.3, 0.4) is 0 Å². The molecule has 1 unspecified atom stereocenters. The third-order valence-electron chi connectivity index (χ3n) is 5.24. The monoisotopic (exact) mass is 331 g/mol. The van der Waals surface area contributed by atoms with E-state index in [4.69, 9.17) is 0 Å². The van der Waals surface area contributed by atoms with Crippen LogP contribution < -0.4 is 5.56 Å². The number of rotatable bonds is 2. The van der Waals surface area contributed by atoms with Crippen LogP contribution in [0.1, 0.15) is 17.7 Å². The number of nitrogens with one attached hydrogen (secondary N) is 1. The zero-order valence-corrected chi connectivity index (χ0v) is 13.8. The summed E-state index contributed by atoms with van der Waals surface area (Å²) < 4.78 is 15.2. The van der Waals surface area contributed by atoms with Crippen molar-refractivity contribution in [3.05, 3.63) is 45.8 Å². The van der Waals surface area contributed by atoms with Gasteiger partial charge in [-0.25, -0.2) is 9.37 Å². The van der Waals surface area contributed by atoms with E-state index in [0.29, 0.717) is 6.04 Å². The molecule has 1 N–H and O–H groups in total. The Labute approximate surface area is 139 Å². The second-order valence-corrected chi connectivity index (χ2v) is 6.75. The van der Waals surface area contributed by atoms with Crippen molar-refractivity contribution in [1.29, 1.82) is 0 Å². The van der Waals surface area contributed by atoms with Crippen molar-refractivity contribution in [3.8, 4) is 5.82 Å². The number of pyridine rings is 1. The first-order valence-electron chi connectivity index (χ1n) is 8.50. The molecule has 6 nitrogen and oxygen atoms in total. The number of aromatic nitrogens is 3. The van der Waals surface area contributed by atoms with Crippen molar-refractivity contribution in [2.45, 2.75) is 25.3 Å². The summed E-state index contributed by atoms with van der Waals surface area (Å²) in [4.78, 5) is 21.6. The lowest BCUT2D eigenvalue weighted by Gasteiger charge is -2.39. The molecule has 2 aliphatic rings. The third kappa shape index (κ3) is 2.67. The lowest BCUT2D eigenvalue weighted by molar-refractivity contribution is 0.103. The summed E-state index contributed by atoms with van der Waals surface area (Å²) in [5.41, 5.74) is 1.55. The molecule has 0 amide bonds. The third-order valence-corrected chi connectivity index (χ3v) is 5.24. The largest absolute Gasteiger partial charge is 0.304 e. The molecule has 2 aromatic heterocycles. The molecule has 128 valence electrons. The number of piperazine rings is 1. The highest BCUT2D eigenvalue weighted by atomic mass is 19.1. The number of H-pyrrole nitrogens is 1. The summed E-state index contributed by atoms with van der Waals surface area (Å²) in [5.74, 6) is -0.443. The highest BCUT2D eigenvalue weighted by Gasteiger charge is 2.30. The van der Waals surface area contributed by atoms with Crippen molar-refractivity contribution in [3.63, 3.8) is 0 Å². The minimum absolute atomic E-state index is 0.0491.